The predicted molar refractivity (Wildman–Crippen MR) is 153 cm³/mol. The molecule has 0 radical (unpaired) electrons. The molecule has 3 saturated heterocycles. The topological polar surface area (TPSA) is 200 Å². The number of aromatic nitrogens is 6. The van der Waals surface area contributed by atoms with Crippen molar-refractivity contribution < 1.29 is 46.5 Å². The molecule has 10 atom stereocenters. The summed E-state index contributed by atoms with van der Waals surface area (Å²) in [6.07, 6.45) is -7.20. The highest BCUT2D eigenvalue weighted by Crippen LogP contribution is 2.58. The van der Waals surface area contributed by atoms with Gasteiger partial charge in [0.1, 0.15) is 42.4 Å². The van der Waals surface area contributed by atoms with Gasteiger partial charge in [-0.25, -0.2) is 28.9 Å². The molecule has 7 rings (SSSR count). The van der Waals surface area contributed by atoms with Crippen LogP contribution in [0.25, 0.3) is 22.2 Å². The third-order valence-corrected chi connectivity index (χ3v) is 10.5. The van der Waals surface area contributed by atoms with Crippen molar-refractivity contribution in [2.24, 2.45) is 0 Å². The Kier molecular flexibility index (Phi) is 7.60. The average Bonchev–Trinajstić information content (AvgIpc) is 3.72. The fraction of sp³-hybridized carbons (Fsp3) is 0.455. The van der Waals surface area contributed by atoms with Crippen molar-refractivity contribution in [1.82, 2.24) is 29.1 Å². The number of nitrogens with two attached hydrogens (primary N) is 1. The molecule has 16 nitrogen and oxygen atoms in total. The minimum Gasteiger partial charge on any atom is -0.387 e. The molecule has 6 heterocycles. The van der Waals surface area contributed by atoms with Crippen LogP contribution in [0.2, 0.25) is 0 Å². The van der Waals surface area contributed by atoms with Crippen LogP contribution in [0.3, 0.4) is 0 Å². The first-order valence-electron chi connectivity index (χ1n) is 12.8. The lowest BCUT2D eigenvalue weighted by Crippen LogP contribution is -2.35. The Morgan fingerprint density at radius 2 is 1.74 bits per heavy atom. The Balaban J connectivity index is 1.20. The number of rotatable bonds is 2. The van der Waals surface area contributed by atoms with Crippen LogP contribution in [0.4, 0.5) is 10.2 Å². The second kappa shape index (κ2) is 11.0. The van der Waals surface area contributed by atoms with Gasteiger partial charge in [-0.3, -0.25) is 18.1 Å². The highest BCUT2D eigenvalue weighted by Gasteiger charge is 2.53. The van der Waals surface area contributed by atoms with Gasteiger partial charge in [0.05, 0.1) is 36.9 Å². The minimum absolute atomic E-state index is 0.0757. The molecule has 1 aromatic carbocycles. The van der Waals surface area contributed by atoms with Crippen LogP contribution in [0.15, 0.2) is 43.2 Å². The highest BCUT2D eigenvalue weighted by atomic mass is 32.7. The summed E-state index contributed by atoms with van der Waals surface area (Å²) < 4.78 is 66.5. The van der Waals surface area contributed by atoms with E-state index in [9.17, 15) is 14.6 Å². The number of aliphatic hydroxyl groups is 1. The van der Waals surface area contributed by atoms with Gasteiger partial charge in [-0.05, 0) is 23.9 Å². The van der Waals surface area contributed by atoms with E-state index in [2.05, 4.69) is 32.2 Å². The van der Waals surface area contributed by atoms with Gasteiger partial charge in [0.2, 0.25) is 0 Å². The average molecular weight is 676 g/mol. The Morgan fingerprint density at radius 3 is 2.58 bits per heavy atom. The normalized spacial score (nSPS) is 38.9. The number of ether oxygens (including phenoxy) is 2. The summed E-state index contributed by atoms with van der Waals surface area (Å²) in [5.74, 6) is 0.0757. The molecule has 3 aliphatic rings. The van der Waals surface area contributed by atoms with Gasteiger partial charge in [0.25, 0.3) is 0 Å². The molecule has 4 unspecified atom stereocenters. The molecule has 43 heavy (non-hydrogen) atoms. The first kappa shape index (κ1) is 29.6. The van der Waals surface area contributed by atoms with E-state index in [-0.39, 0.29) is 17.0 Å². The third kappa shape index (κ3) is 5.41. The zero-order valence-corrected chi connectivity index (χ0v) is 25.2. The van der Waals surface area contributed by atoms with Crippen molar-refractivity contribution in [2.75, 3.05) is 18.9 Å². The Labute approximate surface area is 252 Å². The SMILES string of the molecule is Nc1ncnc2c1ncn2[C@@H]1O[C@@H]2COP(O)(=S)OC3[C@@H](O)[C@@H](COP(=O)(S)OC2[C@@H]1F)O[C@H]3n1cnc2ccccc21. The van der Waals surface area contributed by atoms with Crippen molar-refractivity contribution in [2.45, 2.75) is 49.1 Å². The molecule has 230 valence electrons. The number of imidazole rings is 2. The molecule has 21 heteroatoms. The molecular weight excluding hydrogens is 651 g/mol. The zero-order valence-electron chi connectivity index (χ0n) is 21.7. The monoisotopic (exact) mass is 675 g/mol. The van der Waals surface area contributed by atoms with E-state index in [1.165, 1.54) is 23.5 Å². The first-order valence-corrected chi connectivity index (χ1v) is 18.1. The van der Waals surface area contributed by atoms with Crippen molar-refractivity contribution in [3.63, 3.8) is 0 Å². The van der Waals surface area contributed by atoms with Crippen LogP contribution in [-0.2, 0) is 43.9 Å². The number of benzene rings is 1. The largest absolute Gasteiger partial charge is 0.387 e. The fourth-order valence-corrected chi connectivity index (χ4v) is 8.21. The summed E-state index contributed by atoms with van der Waals surface area (Å²) in [7, 11) is 0. The minimum atomic E-state index is -4.31. The van der Waals surface area contributed by atoms with Gasteiger partial charge in [0, 0.05) is 0 Å². The van der Waals surface area contributed by atoms with Gasteiger partial charge in [-0.15, -0.1) is 0 Å². The summed E-state index contributed by atoms with van der Waals surface area (Å²) in [5, 5.41) is 11.1. The van der Waals surface area contributed by atoms with Crippen LogP contribution in [0.5, 0.6) is 0 Å². The Bertz CT molecular complexity index is 1780. The number of thiol groups is 1. The van der Waals surface area contributed by atoms with Crippen LogP contribution in [0.1, 0.15) is 12.5 Å². The van der Waals surface area contributed by atoms with Crippen molar-refractivity contribution in [3.8, 4) is 0 Å². The van der Waals surface area contributed by atoms with Crippen LogP contribution >= 0.6 is 25.8 Å². The number of para-hydroxylation sites is 2. The Morgan fingerprint density at radius 1 is 1.00 bits per heavy atom. The van der Waals surface area contributed by atoms with Crippen molar-refractivity contribution in [1.29, 1.82) is 0 Å². The molecule has 3 aliphatic heterocycles. The number of hydrogen-bond donors (Lipinski definition) is 4. The maximum absolute atomic E-state index is 16.0. The smallest absolute Gasteiger partial charge is 0.386 e. The van der Waals surface area contributed by atoms with Crippen molar-refractivity contribution >= 4 is 65.6 Å². The maximum Gasteiger partial charge on any atom is 0.386 e. The first-order chi connectivity index (χ1) is 20.5. The van der Waals surface area contributed by atoms with E-state index >= 15 is 4.39 Å². The lowest BCUT2D eigenvalue weighted by atomic mass is 10.1. The summed E-state index contributed by atoms with van der Waals surface area (Å²) in [6.45, 7) is -9.51. The zero-order chi connectivity index (χ0) is 30.1. The highest BCUT2D eigenvalue weighted by molar-refractivity contribution is 8.44. The van der Waals surface area contributed by atoms with E-state index in [1.807, 2.05) is 6.07 Å². The van der Waals surface area contributed by atoms with Crippen LogP contribution in [-0.4, -0.2) is 89.0 Å². The standard InChI is InChI=1S/C22H24FN7O9P2S2/c23-14-17-13(37-21(14)30-9-28-15-19(24)25-7-26-20(15)30)6-35-41(33,43)39-18-16(31)12(5-34-40(32,42)38-17)36-22(18)29-8-27-10-3-1-2-4-11(10)29/h1-4,7-9,12-14,16-18,21-22,31H,5-6H2,(H,32,42)(H,33,43)(H2,24,25,26)/t12-,13-,14+,16+,17?,18?,21-,22-,40?,41?/m1/s1. The van der Waals surface area contributed by atoms with E-state index in [1.54, 1.807) is 22.8 Å². The number of fused-ring (bicyclic) bond motifs is 5. The lowest BCUT2D eigenvalue weighted by molar-refractivity contribution is -0.0585. The molecule has 0 amide bonds. The fourth-order valence-electron chi connectivity index (χ4n) is 5.31. The number of anilines is 1. The summed E-state index contributed by atoms with van der Waals surface area (Å²) >= 11 is 9.30. The second-order valence-corrected chi connectivity index (χ2v) is 15.6. The van der Waals surface area contributed by atoms with E-state index in [4.69, 9.17) is 45.1 Å². The van der Waals surface area contributed by atoms with Crippen LogP contribution in [0, 0.1) is 0 Å². The number of nitrogens with zero attached hydrogens (tertiary/aromatic N) is 6. The second-order valence-electron chi connectivity index (χ2n) is 9.96. The molecule has 0 saturated carbocycles. The van der Waals surface area contributed by atoms with Crippen LogP contribution < -0.4 is 5.73 Å². The molecule has 3 fully saturated rings. The van der Waals surface area contributed by atoms with E-state index in [0.29, 0.717) is 11.0 Å². The van der Waals surface area contributed by atoms with Gasteiger partial charge >= 0.3 is 13.5 Å². The van der Waals surface area contributed by atoms with E-state index in [0.717, 1.165) is 0 Å². The van der Waals surface area contributed by atoms with Crippen molar-refractivity contribution in [3.05, 3.63) is 43.2 Å². The third-order valence-electron chi connectivity index (χ3n) is 7.31. The number of alkyl halides is 1. The molecule has 0 spiro atoms. The molecule has 4 N–H and O–H groups in total. The van der Waals surface area contributed by atoms with Gasteiger partial charge < -0.3 is 34.3 Å². The number of aliphatic hydroxyl groups excluding tert-OH is 1. The van der Waals surface area contributed by atoms with Gasteiger partial charge in [0.15, 0.2) is 30.1 Å². The Hall–Kier alpha value is -2.12. The van der Waals surface area contributed by atoms with Gasteiger partial charge in [-0.2, -0.15) is 0 Å². The molecular formula is C22H24FN7O9P2S2. The lowest BCUT2D eigenvalue weighted by Gasteiger charge is -2.27. The quantitative estimate of drug-likeness (QED) is 0.178. The summed E-state index contributed by atoms with van der Waals surface area (Å²) in [6, 6.07) is 7.16. The maximum atomic E-state index is 16.0. The predicted octanol–water partition coefficient (Wildman–Crippen LogP) is 2.02. The number of nitrogen functional groups attached to an aromatic ring is 1. The number of hydrogen-bond acceptors (Lipinski definition) is 14. The van der Waals surface area contributed by atoms with E-state index < -0.39 is 75.9 Å². The summed E-state index contributed by atoms with van der Waals surface area (Å²) in [5.41, 5.74) is 7.54. The van der Waals surface area contributed by atoms with Gasteiger partial charge in [-0.1, -0.05) is 24.4 Å². The summed E-state index contributed by atoms with van der Waals surface area (Å²) in [4.78, 5) is 27.5. The molecule has 3 aromatic heterocycles. The molecule has 0 aliphatic carbocycles. The molecule has 2 bridgehead atoms. The number of halogens is 1. The molecule has 4 aromatic rings.